The number of hydrogen-bond acceptors (Lipinski definition) is 7. The first-order chi connectivity index (χ1) is 13.9. The summed E-state index contributed by atoms with van der Waals surface area (Å²) in [6.45, 7) is 3.07. The fraction of sp³-hybridized carbons (Fsp3) is 0.273. The molecule has 0 bridgehead atoms. The lowest BCUT2D eigenvalue weighted by Gasteiger charge is -2.19. The molecule has 0 amide bonds. The summed E-state index contributed by atoms with van der Waals surface area (Å²) >= 11 is 0. The number of fused-ring (bicyclic) bond motifs is 2. The molecule has 3 rings (SSSR count). The third-order valence-corrected chi connectivity index (χ3v) is 4.79. The van der Waals surface area contributed by atoms with Crippen molar-refractivity contribution >= 4 is 33.5 Å². The summed E-state index contributed by atoms with van der Waals surface area (Å²) in [6, 6.07) is 7.10. The van der Waals surface area contributed by atoms with Crippen molar-refractivity contribution in [1.29, 1.82) is 0 Å². The molecule has 0 aliphatic heterocycles. The van der Waals surface area contributed by atoms with E-state index in [0.29, 0.717) is 44.4 Å². The van der Waals surface area contributed by atoms with Crippen LogP contribution in [0.2, 0.25) is 0 Å². The molecule has 0 saturated heterocycles. The minimum absolute atomic E-state index is 0.261. The summed E-state index contributed by atoms with van der Waals surface area (Å²) < 4.78 is 27.0. The van der Waals surface area contributed by atoms with Gasteiger partial charge in [0.25, 0.3) is 0 Å². The topological polar surface area (TPSA) is 80.3 Å². The SMILES string of the molecule is COC(=O)c1c(OC)cc2cc3c(OC)ccc(OC)c3c(OC(C)=O)c2c1C. The number of benzene rings is 3. The minimum atomic E-state index is -0.548. The molecule has 3 aromatic rings. The average molecular weight is 398 g/mol. The quantitative estimate of drug-likeness (QED) is 0.364. The van der Waals surface area contributed by atoms with Gasteiger partial charge in [-0.2, -0.15) is 0 Å². The lowest BCUT2D eigenvalue weighted by molar-refractivity contribution is -0.131. The Hall–Kier alpha value is -3.48. The van der Waals surface area contributed by atoms with Gasteiger partial charge in [0.1, 0.15) is 22.8 Å². The Labute approximate surface area is 168 Å². The Balaban J connectivity index is 2.62. The van der Waals surface area contributed by atoms with Crippen LogP contribution in [0, 0.1) is 6.92 Å². The van der Waals surface area contributed by atoms with Crippen molar-refractivity contribution in [2.24, 2.45) is 0 Å². The van der Waals surface area contributed by atoms with Crippen LogP contribution in [0.25, 0.3) is 21.5 Å². The van der Waals surface area contributed by atoms with Crippen LogP contribution in [-0.2, 0) is 9.53 Å². The highest BCUT2D eigenvalue weighted by molar-refractivity contribution is 6.14. The van der Waals surface area contributed by atoms with E-state index in [9.17, 15) is 9.59 Å². The van der Waals surface area contributed by atoms with Gasteiger partial charge in [0.15, 0.2) is 5.75 Å². The zero-order chi connectivity index (χ0) is 21.3. The first-order valence-electron chi connectivity index (χ1n) is 8.83. The van der Waals surface area contributed by atoms with E-state index in [-0.39, 0.29) is 11.3 Å². The Morgan fingerprint density at radius 1 is 0.828 bits per heavy atom. The van der Waals surface area contributed by atoms with Crippen molar-refractivity contribution in [2.45, 2.75) is 13.8 Å². The van der Waals surface area contributed by atoms with Crippen molar-refractivity contribution in [2.75, 3.05) is 28.4 Å². The molecule has 0 saturated carbocycles. The number of aryl methyl sites for hydroxylation is 1. The van der Waals surface area contributed by atoms with Crippen LogP contribution in [0.15, 0.2) is 24.3 Å². The molecule has 0 aliphatic rings. The molecule has 0 spiro atoms. The Morgan fingerprint density at radius 3 is 2.00 bits per heavy atom. The van der Waals surface area contributed by atoms with Gasteiger partial charge in [-0.25, -0.2) is 4.79 Å². The monoisotopic (exact) mass is 398 g/mol. The third kappa shape index (κ3) is 3.29. The zero-order valence-corrected chi connectivity index (χ0v) is 17.2. The van der Waals surface area contributed by atoms with E-state index in [4.69, 9.17) is 23.7 Å². The number of carbonyl (C=O) groups excluding carboxylic acids is 2. The van der Waals surface area contributed by atoms with Crippen molar-refractivity contribution in [3.05, 3.63) is 35.4 Å². The van der Waals surface area contributed by atoms with Crippen molar-refractivity contribution in [3.63, 3.8) is 0 Å². The van der Waals surface area contributed by atoms with Gasteiger partial charge in [-0.1, -0.05) is 0 Å². The molecule has 0 radical (unpaired) electrons. The van der Waals surface area contributed by atoms with Crippen LogP contribution in [-0.4, -0.2) is 40.4 Å². The number of esters is 2. The summed E-state index contributed by atoms with van der Waals surface area (Å²) in [5.41, 5.74) is 0.825. The van der Waals surface area contributed by atoms with Gasteiger partial charge in [-0.3, -0.25) is 4.79 Å². The van der Waals surface area contributed by atoms with Crippen LogP contribution in [0.5, 0.6) is 23.0 Å². The predicted octanol–water partition coefficient (Wildman–Crippen LogP) is 4.04. The van der Waals surface area contributed by atoms with Gasteiger partial charge in [-0.05, 0) is 42.1 Å². The van der Waals surface area contributed by atoms with Crippen molar-refractivity contribution in [3.8, 4) is 23.0 Å². The molecule has 0 fully saturated rings. The lowest BCUT2D eigenvalue weighted by Crippen LogP contribution is -2.09. The predicted molar refractivity (Wildman–Crippen MR) is 108 cm³/mol. The fourth-order valence-electron chi connectivity index (χ4n) is 3.58. The first-order valence-corrected chi connectivity index (χ1v) is 8.83. The maximum atomic E-state index is 12.4. The van der Waals surface area contributed by atoms with E-state index in [0.717, 1.165) is 0 Å². The largest absolute Gasteiger partial charge is 0.496 e. The highest BCUT2D eigenvalue weighted by atomic mass is 16.5. The molecule has 0 heterocycles. The zero-order valence-electron chi connectivity index (χ0n) is 17.2. The smallest absolute Gasteiger partial charge is 0.341 e. The van der Waals surface area contributed by atoms with Gasteiger partial charge < -0.3 is 23.7 Å². The van der Waals surface area contributed by atoms with E-state index in [2.05, 4.69) is 0 Å². The molecule has 0 atom stereocenters. The van der Waals surface area contributed by atoms with Gasteiger partial charge in [0.05, 0.1) is 33.8 Å². The standard InChI is InChI=1S/C22H22O7/c1-11-18-13(10-17(27-5)19(11)22(24)28-6)9-14-15(25-3)7-8-16(26-4)20(14)21(18)29-12(2)23/h7-10H,1-6H3. The maximum absolute atomic E-state index is 12.4. The third-order valence-electron chi connectivity index (χ3n) is 4.79. The molecule has 0 aliphatic carbocycles. The van der Waals surface area contributed by atoms with Crippen LogP contribution in [0.4, 0.5) is 0 Å². The molecule has 3 aromatic carbocycles. The summed E-state index contributed by atoms with van der Waals surface area (Å²) in [7, 11) is 5.87. The highest BCUT2D eigenvalue weighted by Crippen LogP contribution is 2.47. The second-order valence-corrected chi connectivity index (χ2v) is 6.36. The molecule has 7 nitrogen and oxygen atoms in total. The molecule has 152 valence electrons. The fourth-order valence-corrected chi connectivity index (χ4v) is 3.58. The van der Waals surface area contributed by atoms with Crippen LogP contribution in [0.1, 0.15) is 22.8 Å². The molecule has 29 heavy (non-hydrogen) atoms. The van der Waals surface area contributed by atoms with Gasteiger partial charge in [0.2, 0.25) is 0 Å². The normalized spacial score (nSPS) is 10.7. The summed E-state index contributed by atoms with van der Waals surface area (Å²) in [4.78, 5) is 24.4. The summed E-state index contributed by atoms with van der Waals surface area (Å²) in [5.74, 6) is 0.688. The number of rotatable bonds is 5. The molecule has 0 unspecified atom stereocenters. The van der Waals surface area contributed by atoms with Crippen LogP contribution < -0.4 is 18.9 Å². The molecule has 0 aromatic heterocycles. The number of hydrogen-bond donors (Lipinski definition) is 0. The van der Waals surface area contributed by atoms with Crippen LogP contribution >= 0.6 is 0 Å². The Bertz CT molecular complexity index is 1130. The highest BCUT2D eigenvalue weighted by Gasteiger charge is 2.25. The lowest BCUT2D eigenvalue weighted by atomic mass is 9.94. The Morgan fingerprint density at radius 2 is 1.45 bits per heavy atom. The molecule has 0 N–H and O–H groups in total. The van der Waals surface area contributed by atoms with E-state index >= 15 is 0 Å². The van der Waals surface area contributed by atoms with Gasteiger partial charge in [-0.15, -0.1) is 0 Å². The number of ether oxygens (including phenoxy) is 5. The van der Waals surface area contributed by atoms with E-state index in [1.807, 2.05) is 6.07 Å². The van der Waals surface area contributed by atoms with Crippen molar-refractivity contribution < 1.29 is 33.3 Å². The molecule has 7 heteroatoms. The van der Waals surface area contributed by atoms with Gasteiger partial charge >= 0.3 is 11.9 Å². The molecular weight excluding hydrogens is 376 g/mol. The van der Waals surface area contributed by atoms with Crippen LogP contribution in [0.3, 0.4) is 0 Å². The van der Waals surface area contributed by atoms with Gasteiger partial charge in [0, 0.05) is 17.7 Å². The second kappa shape index (κ2) is 7.87. The summed E-state index contributed by atoms with van der Waals surface area (Å²) in [5, 5.41) is 2.56. The maximum Gasteiger partial charge on any atom is 0.341 e. The first kappa shape index (κ1) is 20.3. The molecular formula is C22H22O7. The summed E-state index contributed by atoms with van der Waals surface area (Å²) in [6.07, 6.45) is 0. The number of carbonyl (C=O) groups is 2. The van der Waals surface area contributed by atoms with Crippen molar-refractivity contribution in [1.82, 2.24) is 0 Å². The number of methoxy groups -OCH3 is 4. The second-order valence-electron chi connectivity index (χ2n) is 6.36. The van der Waals surface area contributed by atoms with E-state index in [1.54, 1.807) is 32.2 Å². The minimum Gasteiger partial charge on any atom is -0.496 e. The van der Waals surface area contributed by atoms with E-state index in [1.165, 1.54) is 28.3 Å². The Kier molecular flexibility index (Phi) is 5.50. The van der Waals surface area contributed by atoms with E-state index < -0.39 is 11.9 Å². The average Bonchev–Trinajstić information content (AvgIpc) is 2.71.